The van der Waals surface area contributed by atoms with Gasteiger partial charge in [-0.25, -0.2) is 0 Å². The number of hydrogen-bond acceptors (Lipinski definition) is 2. The molecule has 0 saturated carbocycles. The van der Waals surface area contributed by atoms with Crippen molar-refractivity contribution in [1.29, 1.82) is 0 Å². The minimum atomic E-state index is -5.70. The average molecular weight is 350 g/mol. The molecule has 2 unspecified atom stereocenters. The van der Waals surface area contributed by atoms with E-state index in [1.165, 1.54) is 6.92 Å². The molecule has 0 fully saturated rings. The minimum absolute atomic E-state index is 0.107. The van der Waals surface area contributed by atoms with Crippen molar-refractivity contribution < 1.29 is 35.9 Å². The van der Waals surface area contributed by atoms with Gasteiger partial charge in [0.25, 0.3) is 6.10 Å². The number of carbonyl (C=O) groups is 1. The predicted molar refractivity (Wildman–Crippen MR) is 73.6 cm³/mol. The first-order valence-electron chi connectivity index (χ1n) is 7.29. The Hall–Kier alpha value is -0.950. The molecule has 0 bridgehead atoms. The zero-order valence-corrected chi connectivity index (χ0v) is 14.2. The molecule has 2 atom stereocenters. The highest BCUT2D eigenvalue weighted by Crippen LogP contribution is 2.44. The van der Waals surface area contributed by atoms with E-state index in [2.05, 4.69) is 4.74 Å². The standard InChI is InChI=1S/C15H24F6O2/c1-7-9(2)13(6,8-12(3,4)5)11(22)23-10(14(16,17)18)15(19,20)21/h9-10H,7-8H2,1-6H3. The topological polar surface area (TPSA) is 26.3 Å². The molecule has 23 heavy (non-hydrogen) atoms. The molecular formula is C15H24F6O2. The van der Waals surface area contributed by atoms with Crippen molar-refractivity contribution in [2.24, 2.45) is 16.7 Å². The van der Waals surface area contributed by atoms with Crippen molar-refractivity contribution in [3.63, 3.8) is 0 Å². The molecule has 0 rings (SSSR count). The van der Waals surface area contributed by atoms with Crippen LogP contribution in [-0.2, 0) is 9.53 Å². The van der Waals surface area contributed by atoms with E-state index >= 15 is 0 Å². The summed E-state index contributed by atoms with van der Waals surface area (Å²) < 4.78 is 79.5. The maximum absolute atomic E-state index is 12.6. The molecular weight excluding hydrogens is 326 g/mol. The Morgan fingerprint density at radius 1 is 0.957 bits per heavy atom. The maximum atomic E-state index is 12.6. The number of halogens is 6. The van der Waals surface area contributed by atoms with Crippen LogP contribution in [0.4, 0.5) is 26.3 Å². The van der Waals surface area contributed by atoms with E-state index in [9.17, 15) is 31.1 Å². The highest BCUT2D eigenvalue weighted by molar-refractivity contribution is 5.77. The molecule has 0 aromatic heterocycles. The van der Waals surface area contributed by atoms with E-state index in [1.54, 1.807) is 34.6 Å². The Balaban J connectivity index is 5.63. The van der Waals surface area contributed by atoms with Crippen molar-refractivity contribution in [2.45, 2.75) is 72.8 Å². The summed E-state index contributed by atoms with van der Waals surface area (Å²) in [5.41, 5.74) is -1.91. The molecule has 0 spiro atoms. The smallest absolute Gasteiger partial charge is 0.434 e. The summed E-state index contributed by atoms with van der Waals surface area (Å²) in [6.45, 7) is 9.95. The lowest BCUT2D eigenvalue weighted by Gasteiger charge is -2.39. The largest absolute Gasteiger partial charge is 0.442 e. The van der Waals surface area contributed by atoms with Crippen molar-refractivity contribution >= 4 is 5.97 Å². The van der Waals surface area contributed by atoms with Crippen molar-refractivity contribution in [1.82, 2.24) is 0 Å². The van der Waals surface area contributed by atoms with Crippen LogP contribution in [0.25, 0.3) is 0 Å². The van der Waals surface area contributed by atoms with Crippen molar-refractivity contribution in [3.05, 3.63) is 0 Å². The molecule has 0 amide bonds. The van der Waals surface area contributed by atoms with Crippen LogP contribution in [0.3, 0.4) is 0 Å². The van der Waals surface area contributed by atoms with Gasteiger partial charge in [-0.2, -0.15) is 26.3 Å². The number of alkyl halides is 6. The third-order valence-electron chi connectivity index (χ3n) is 3.88. The average Bonchev–Trinajstić information content (AvgIpc) is 2.29. The van der Waals surface area contributed by atoms with Crippen LogP contribution < -0.4 is 0 Å². The van der Waals surface area contributed by atoms with Gasteiger partial charge in [-0.1, -0.05) is 41.0 Å². The summed E-state index contributed by atoms with van der Waals surface area (Å²) in [6, 6.07) is 0. The Labute approximate surface area is 132 Å². The molecule has 0 N–H and O–H groups in total. The third-order valence-corrected chi connectivity index (χ3v) is 3.88. The Kier molecular flexibility index (Phi) is 6.60. The summed E-state index contributed by atoms with van der Waals surface area (Å²) >= 11 is 0. The number of esters is 1. The van der Waals surface area contributed by atoms with E-state index in [-0.39, 0.29) is 6.42 Å². The first kappa shape index (κ1) is 22.1. The van der Waals surface area contributed by atoms with Gasteiger partial charge in [0.15, 0.2) is 0 Å². The second-order valence-corrected chi connectivity index (χ2v) is 7.33. The van der Waals surface area contributed by atoms with E-state index < -0.39 is 41.2 Å². The van der Waals surface area contributed by atoms with Crippen LogP contribution in [0, 0.1) is 16.7 Å². The highest BCUT2D eigenvalue weighted by Gasteiger charge is 2.61. The summed E-state index contributed by atoms with van der Waals surface area (Å²) in [6.07, 6.45) is -15.0. The Morgan fingerprint density at radius 3 is 1.61 bits per heavy atom. The summed E-state index contributed by atoms with van der Waals surface area (Å²) in [4.78, 5) is 12.2. The summed E-state index contributed by atoms with van der Waals surface area (Å²) in [5, 5.41) is 0. The van der Waals surface area contributed by atoms with Gasteiger partial charge in [0, 0.05) is 0 Å². The van der Waals surface area contributed by atoms with Gasteiger partial charge >= 0.3 is 18.3 Å². The summed E-state index contributed by atoms with van der Waals surface area (Å²) in [7, 11) is 0. The molecule has 0 aromatic carbocycles. The lowest BCUT2D eigenvalue weighted by molar-refractivity contribution is -0.316. The quantitative estimate of drug-likeness (QED) is 0.483. The molecule has 138 valence electrons. The van der Waals surface area contributed by atoms with E-state index in [4.69, 9.17) is 0 Å². The Bertz CT molecular complexity index is 394. The van der Waals surface area contributed by atoms with Crippen LogP contribution in [0.15, 0.2) is 0 Å². The van der Waals surface area contributed by atoms with Gasteiger partial charge < -0.3 is 4.74 Å². The lowest BCUT2D eigenvalue weighted by atomic mass is 9.67. The highest BCUT2D eigenvalue weighted by atomic mass is 19.4. The normalized spacial score (nSPS) is 17.8. The monoisotopic (exact) mass is 350 g/mol. The molecule has 0 saturated heterocycles. The minimum Gasteiger partial charge on any atom is -0.442 e. The zero-order chi connectivity index (χ0) is 18.9. The van der Waals surface area contributed by atoms with Crippen LogP contribution in [0.5, 0.6) is 0 Å². The van der Waals surface area contributed by atoms with Gasteiger partial charge in [-0.15, -0.1) is 0 Å². The Morgan fingerprint density at radius 2 is 1.35 bits per heavy atom. The van der Waals surface area contributed by atoms with Crippen LogP contribution >= 0.6 is 0 Å². The van der Waals surface area contributed by atoms with E-state index in [1.807, 2.05) is 0 Å². The number of rotatable bonds is 5. The van der Waals surface area contributed by atoms with E-state index in [0.717, 1.165) is 0 Å². The number of hydrogen-bond donors (Lipinski definition) is 0. The lowest BCUT2D eigenvalue weighted by Crippen LogP contribution is -2.49. The fourth-order valence-electron chi connectivity index (χ4n) is 2.56. The molecule has 8 heteroatoms. The first-order chi connectivity index (χ1) is 9.95. The van der Waals surface area contributed by atoms with Gasteiger partial charge in [0.05, 0.1) is 5.41 Å². The number of ether oxygens (including phenoxy) is 1. The SMILES string of the molecule is CCC(C)C(C)(CC(C)(C)C)C(=O)OC(C(F)(F)F)C(F)(F)F. The second kappa shape index (κ2) is 6.89. The molecule has 0 radical (unpaired) electrons. The molecule has 0 aliphatic carbocycles. The fourth-order valence-corrected chi connectivity index (χ4v) is 2.56. The second-order valence-electron chi connectivity index (χ2n) is 7.33. The first-order valence-corrected chi connectivity index (χ1v) is 7.29. The van der Waals surface area contributed by atoms with E-state index in [0.29, 0.717) is 6.42 Å². The van der Waals surface area contributed by atoms with Gasteiger partial charge in [-0.05, 0) is 24.7 Å². The predicted octanol–water partition coefficient (Wildman–Crippen LogP) is 5.51. The molecule has 0 aliphatic rings. The molecule has 0 aromatic rings. The molecule has 0 aliphatic heterocycles. The third kappa shape index (κ3) is 6.22. The molecule has 2 nitrogen and oxygen atoms in total. The van der Waals surface area contributed by atoms with Gasteiger partial charge in [0.2, 0.25) is 0 Å². The number of carbonyl (C=O) groups excluding carboxylic acids is 1. The molecule has 0 heterocycles. The van der Waals surface area contributed by atoms with Crippen LogP contribution in [0.1, 0.15) is 54.4 Å². The van der Waals surface area contributed by atoms with Gasteiger partial charge in [-0.3, -0.25) is 4.79 Å². The fraction of sp³-hybridized carbons (Fsp3) is 0.933. The summed E-state index contributed by atoms with van der Waals surface area (Å²) in [5.74, 6) is -1.90. The van der Waals surface area contributed by atoms with Crippen molar-refractivity contribution in [3.8, 4) is 0 Å². The van der Waals surface area contributed by atoms with Crippen LogP contribution in [0.2, 0.25) is 0 Å². The zero-order valence-electron chi connectivity index (χ0n) is 14.2. The van der Waals surface area contributed by atoms with Crippen molar-refractivity contribution in [2.75, 3.05) is 0 Å². The maximum Gasteiger partial charge on any atom is 0.434 e. The van der Waals surface area contributed by atoms with Gasteiger partial charge in [0.1, 0.15) is 0 Å². The van der Waals surface area contributed by atoms with Crippen LogP contribution in [-0.4, -0.2) is 24.4 Å².